The molecule has 4 heteroatoms. The second-order valence-corrected chi connectivity index (χ2v) is 3.32. The predicted molar refractivity (Wildman–Crippen MR) is 48.9 cm³/mol. The Balaban J connectivity index is 0.000000720. The Bertz CT molecular complexity index is 112. The summed E-state index contributed by atoms with van der Waals surface area (Å²) in [6, 6.07) is 0. The maximum atomic E-state index is 5.76. The molecule has 0 saturated carbocycles. The van der Waals surface area contributed by atoms with E-state index in [2.05, 4.69) is 5.32 Å². The minimum absolute atomic E-state index is 0. The summed E-state index contributed by atoms with van der Waals surface area (Å²) in [6.45, 7) is 4.60. The van der Waals surface area contributed by atoms with Crippen LogP contribution in [0.4, 0.5) is 0 Å². The molecule has 0 aliphatic carbocycles. The van der Waals surface area contributed by atoms with Crippen LogP contribution in [0.2, 0.25) is 0 Å². The van der Waals surface area contributed by atoms with E-state index < -0.39 is 0 Å². The molecule has 2 saturated heterocycles. The highest BCUT2D eigenvalue weighted by molar-refractivity contribution is 5.85. The van der Waals surface area contributed by atoms with Gasteiger partial charge in [-0.15, -0.1) is 12.4 Å². The fourth-order valence-electron chi connectivity index (χ4n) is 1.77. The first-order valence-electron chi connectivity index (χ1n) is 4.34. The van der Waals surface area contributed by atoms with Crippen LogP contribution in [0, 0.1) is 0 Å². The molecule has 2 heterocycles. The summed E-state index contributed by atoms with van der Waals surface area (Å²) in [7, 11) is 0. The summed E-state index contributed by atoms with van der Waals surface area (Å²) in [5, 5.41) is 3.36. The van der Waals surface area contributed by atoms with Crippen LogP contribution in [-0.2, 0) is 9.47 Å². The highest BCUT2D eigenvalue weighted by Gasteiger charge is 2.34. The van der Waals surface area contributed by atoms with E-state index in [0.29, 0.717) is 0 Å². The lowest BCUT2D eigenvalue weighted by atomic mass is 9.93. The number of hydrogen-bond donors (Lipinski definition) is 1. The maximum absolute atomic E-state index is 5.76. The summed E-state index contributed by atoms with van der Waals surface area (Å²) in [5.74, 6) is 0. The Labute approximate surface area is 79.2 Å². The van der Waals surface area contributed by atoms with Gasteiger partial charge in [0.1, 0.15) is 0 Å². The molecule has 2 aliphatic rings. The molecule has 0 bridgehead atoms. The predicted octanol–water partition coefficient (Wildman–Crippen LogP) is 0.577. The van der Waals surface area contributed by atoms with Crippen LogP contribution in [-0.4, -0.2) is 38.5 Å². The van der Waals surface area contributed by atoms with E-state index in [1.165, 1.54) is 0 Å². The van der Waals surface area contributed by atoms with Crippen molar-refractivity contribution in [2.75, 3.05) is 32.9 Å². The summed E-state index contributed by atoms with van der Waals surface area (Å²) in [4.78, 5) is 0. The maximum Gasteiger partial charge on any atom is 0.0850 e. The summed E-state index contributed by atoms with van der Waals surface area (Å²) < 4.78 is 11.1. The number of hydrogen-bond acceptors (Lipinski definition) is 3. The van der Waals surface area contributed by atoms with Crippen molar-refractivity contribution in [3.8, 4) is 0 Å². The minimum atomic E-state index is 0. The molecule has 72 valence electrons. The molecule has 3 nitrogen and oxygen atoms in total. The van der Waals surface area contributed by atoms with Crippen molar-refractivity contribution in [3.05, 3.63) is 0 Å². The molecule has 12 heavy (non-hydrogen) atoms. The molecule has 2 aliphatic heterocycles. The zero-order valence-corrected chi connectivity index (χ0v) is 7.99. The zero-order valence-electron chi connectivity index (χ0n) is 7.17. The van der Waals surface area contributed by atoms with Crippen LogP contribution in [0.15, 0.2) is 0 Å². The zero-order chi connectivity index (χ0) is 7.57. The molecule has 0 aromatic carbocycles. The standard InChI is InChI=1S/C8H15NO2.ClH/c1-4-10-5-2-8(1)7-9-3-6-11-8;/h9H,1-7H2;1H. The third kappa shape index (κ3) is 2.10. The van der Waals surface area contributed by atoms with Crippen LogP contribution in [0.1, 0.15) is 12.8 Å². The second-order valence-electron chi connectivity index (χ2n) is 3.32. The Morgan fingerprint density at radius 3 is 2.42 bits per heavy atom. The molecule has 0 atom stereocenters. The van der Waals surface area contributed by atoms with Gasteiger partial charge >= 0.3 is 0 Å². The fourth-order valence-corrected chi connectivity index (χ4v) is 1.77. The van der Waals surface area contributed by atoms with Crippen molar-refractivity contribution in [1.82, 2.24) is 5.32 Å². The van der Waals surface area contributed by atoms with Gasteiger partial charge < -0.3 is 14.8 Å². The van der Waals surface area contributed by atoms with Crippen LogP contribution >= 0.6 is 12.4 Å². The highest BCUT2D eigenvalue weighted by atomic mass is 35.5. The first kappa shape index (κ1) is 10.3. The lowest BCUT2D eigenvalue weighted by Crippen LogP contribution is -2.52. The molecular formula is C8H16ClNO2. The van der Waals surface area contributed by atoms with E-state index in [-0.39, 0.29) is 18.0 Å². The van der Waals surface area contributed by atoms with Crippen molar-refractivity contribution >= 4 is 12.4 Å². The molecule has 2 fully saturated rings. The number of halogens is 1. The Morgan fingerprint density at radius 2 is 1.83 bits per heavy atom. The minimum Gasteiger partial charge on any atom is -0.381 e. The van der Waals surface area contributed by atoms with Crippen LogP contribution in [0.25, 0.3) is 0 Å². The monoisotopic (exact) mass is 193 g/mol. The smallest absolute Gasteiger partial charge is 0.0850 e. The van der Waals surface area contributed by atoms with Gasteiger partial charge in [-0.05, 0) is 0 Å². The van der Waals surface area contributed by atoms with Gasteiger partial charge in [-0.25, -0.2) is 0 Å². The third-order valence-electron chi connectivity index (χ3n) is 2.54. The lowest BCUT2D eigenvalue weighted by Gasteiger charge is -2.40. The van der Waals surface area contributed by atoms with Gasteiger partial charge in [0.05, 0.1) is 12.2 Å². The molecule has 0 radical (unpaired) electrons. The van der Waals surface area contributed by atoms with Gasteiger partial charge in [-0.2, -0.15) is 0 Å². The van der Waals surface area contributed by atoms with E-state index >= 15 is 0 Å². The number of nitrogens with one attached hydrogen (secondary N) is 1. The van der Waals surface area contributed by atoms with E-state index in [1.54, 1.807) is 0 Å². The van der Waals surface area contributed by atoms with E-state index in [9.17, 15) is 0 Å². The molecule has 0 aromatic heterocycles. The van der Waals surface area contributed by atoms with Crippen molar-refractivity contribution in [3.63, 3.8) is 0 Å². The largest absolute Gasteiger partial charge is 0.381 e. The highest BCUT2D eigenvalue weighted by Crippen LogP contribution is 2.25. The van der Waals surface area contributed by atoms with Crippen molar-refractivity contribution < 1.29 is 9.47 Å². The molecule has 1 N–H and O–H groups in total. The summed E-state index contributed by atoms with van der Waals surface area (Å²) in [6.07, 6.45) is 2.11. The Hall–Kier alpha value is 0.170. The SMILES string of the molecule is C1COC2(CCOCC2)CN1.Cl. The van der Waals surface area contributed by atoms with Gasteiger partial charge in [-0.3, -0.25) is 0 Å². The second kappa shape index (κ2) is 4.42. The van der Waals surface area contributed by atoms with Gasteiger partial charge in [0.15, 0.2) is 0 Å². The molecule has 0 unspecified atom stereocenters. The normalized spacial score (nSPS) is 28.0. The number of rotatable bonds is 0. The molecule has 0 aromatic rings. The fraction of sp³-hybridized carbons (Fsp3) is 1.00. The van der Waals surface area contributed by atoms with E-state index in [0.717, 1.165) is 45.8 Å². The summed E-state index contributed by atoms with van der Waals surface area (Å²) >= 11 is 0. The third-order valence-corrected chi connectivity index (χ3v) is 2.54. The van der Waals surface area contributed by atoms with Gasteiger partial charge in [0, 0.05) is 39.1 Å². The van der Waals surface area contributed by atoms with E-state index in [1.807, 2.05) is 0 Å². The Kier molecular flexibility index (Phi) is 3.77. The molecular weight excluding hydrogens is 178 g/mol. The van der Waals surface area contributed by atoms with Crippen LogP contribution in [0.3, 0.4) is 0 Å². The molecule has 2 rings (SSSR count). The average molecular weight is 194 g/mol. The Morgan fingerprint density at radius 1 is 1.08 bits per heavy atom. The quantitative estimate of drug-likeness (QED) is 0.611. The van der Waals surface area contributed by atoms with Gasteiger partial charge in [-0.1, -0.05) is 0 Å². The first-order chi connectivity index (χ1) is 5.41. The number of morpholine rings is 1. The topological polar surface area (TPSA) is 30.5 Å². The van der Waals surface area contributed by atoms with Gasteiger partial charge in [0.25, 0.3) is 0 Å². The molecule has 0 amide bonds. The molecule has 1 spiro atoms. The lowest BCUT2D eigenvalue weighted by molar-refractivity contribution is -0.123. The first-order valence-corrected chi connectivity index (χ1v) is 4.34. The van der Waals surface area contributed by atoms with Crippen LogP contribution in [0.5, 0.6) is 0 Å². The average Bonchev–Trinajstić information content (AvgIpc) is 2.07. The number of ether oxygens (including phenoxy) is 2. The van der Waals surface area contributed by atoms with Crippen molar-refractivity contribution in [1.29, 1.82) is 0 Å². The van der Waals surface area contributed by atoms with Crippen molar-refractivity contribution in [2.45, 2.75) is 18.4 Å². The summed E-state index contributed by atoms with van der Waals surface area (Å²) in [5.41, 5.74) is 0.122. The van der Waals surface area contributed by atoms with Gasteiger partial charge in [0.2, 0.25) is 0 Å². The van der Waals surface area contributed by atoms with E-state index in [4.69, 9.17) is 9.47 Å². The van der Waals surface area contributed by atoms with Crippen molar-refractivity contribution in [2.24, 2.45) is 0 Å². The van der Waals surface area contributed by atoms with Crippen LogP contribution < -0.4 is 5.32 Å².